The molecule has 2 aromatic carbocycles. The van der Waals surface area contributed by atoms with Gasteiger partial charge < -0.3 is 14.6 Å². The van der Waals surface area contributed by atoms with Crippen molar-refractivity contribution in [2.45, 2.75) is 45.1 Å². The zero-order valence-corrected chi connectivity index (χ0v) is 17.3. The standard InChI is InChI=1S/C26H32O3/c1-21(19-28-24-15-9-4-10-16-24)20-29-26(18-23-13-7-3-8-14-23)25(27)17-22-11-5-2-6-12-22/h2-3,5-8,11-14,17-18,21,24,27H,4,9-10,15-16,19-20H2,1H3. The lowest BCUT2D eigenvalue weighted by Crippen LogP contribution is -2.22. The summed E-state index contributed by atoms with van der Waals surface area (Å²) in [5, 5.41) is 10.7. The Balaban J connectivity index is 1.63. The quantitative estimate of drug-likeness (QED) is 0.384. The number of aliphatic hydroxyl groups is 1. The second-order valence-corrected chi connectivity index (χ2v) is 7.87. The lowest BCUT2D eigenvalue weighted by Gasteiger charge is -2.24. The van der Waals surface area contributed by atoms with Crippen LogP contribution in [0, 0.1) is 5.92 Å². The van der Waals surface area contributed by atoms with E-state index in [1.165, 1.54) is 32.1 Å². The number of aliphatic hydroxyl groups excluding tert-OH is 1. The van der Waals surface area contributed by atoms with E-state index in [1.54, 1.807) is 6.08 Å². The number of benzene rings is 2. The number of ether oxygens (including phenoxy) is 2. The minimum absolute atomic E-state index is 0.125. The minimum Gasteiger partial charge on any atom is -0.504 e. The van der Waals surface area contributed by atoms with E-state index in [-0.39, 0.29) is 11.7 Å². The molecule has 29 heavy (non-hydrogen) atoms. The van der Waals surface area contributed by atoms with Crippen LogP contribution in [0.25, 0.3) is 12.2 Å². The summed E-state index contributed by atoms with van der Waals surface area (Å²) >= 11 is 0. The van der Waals surface area contributed by atoms with Gasteiger partial charge >= 0.3 is 0 Å². The van der Waals surface area contributed by atoms with Gasteiger partial charge in [-0.05, 0) is 36.1 Å². The first kappa shape index (κ1) is 21.2. The predicted octanol–water partition coefficient (Wildman–Crippen LogP) is 6.63. The molecule has 0 saturated heterocycles. The zero-order chi connectivity index (χ0) is 20.3. The van der Waals surface area contributed by atoms with Crippen LogP contribution in [0.15, 0.2) is 72.2 Å². The summed E-state index contributed by atoms with van der Waals surface area (Å²) in [7, 11) is 0. The molecular formula is C26H32O3. The second kappa shape index (κ2) is 11.5. The Bertz CT molecular complexity index is 774. The summed E-state index contributed by atoms with van der Waals surface area (Å²) in [6, 6.07) is 19.7. The van der Waals surface area contributed by atoms with Crippen molar-refractivity contribution in [3.05, 3.63) is 83.3 Å². The van der Waals surface area contributed by atoms with Crippen LogP contribution in [0.3, 0.4) is 0 Å². The highest BCUT2D eigenvalue weighted by atomic mass is 16.5. The number of hydrogen-bond acceptors (Lipinski definition) is 3. The van der Waals surface area contributed by atoms with Crippen LogP contribution in [0.2, 0.25) is 0 Å². The molecule has 154 valence electrons. The molecule has 3 rings (SSSR count). The SMILES string of the molecule is CC(COC(=Cc1ccccc1)C(O)=Cc1ccccc1)COC1CCCCC1. The third kappa shape index (κ3) is 7.43. The molecule has 1 atom stereocenters. The first-order valence-corrected chi connectivity index (χ1v) is 10.7. The normalized spacial score (nSPS) is 17.1. The highest BCUT2D eigenvalue weighted by molar-refractivity contribution is 5.62. The molecule has 1 fully saturated rings. The molecule has 1 N–H and O–H groups in total. The van der Waals surface area contributed by atoms with Crippen LogP contribution in [-0.2, 0) is 9.47 Å². The summed E-state index contributed by atoms with van der Waals surface area (Å²) in [6.45, 7) is 3.31. The molecular weight excluding hydrogens is 360 g/mol. The average Bonchev–Trinajstić information content (AvgIpc) is 2.77. The molecule has 0 heterocycles. The van der Waals surface area contributed by atoms with Crippen LogP contribution < -0.4 is 0 Å². The first-order chi connectivity index (χ1) is 14.2. The van der Waals surface area contributed by atoms with Crippen LogP contribution in [-0.4, -0.2) is 24.4 Å². The smallest absolute Gasteiger partial charge is 0.161 e. The van der Waals surface area contributed by atoms with Crippen molar-refractivity contribution in [3.63, 3.8) is 0 Å². The maximum atomic E-state index is 10.7. The van der Waals surface area contributed by atoms with Crippen LogP contribution >= 0.6 is 0 Å². The topological polar surface area (TPSA) is 38.7 Å². The van der Waals surface area contributed by atoms with Crippen molar-refractivity contribution in [1.29, 1.82) is 0 Å². The maximum absolute atomic E-state index is 10.7. The Kier molecular flexibility index (Phi) is 8.39. The highest BCUT2D eigenvalue weighted by Gasteiger charge is 2.16. The van der Waals surface area contributed by atoms with E-state index < -0.39 is 0 Å². The van der Waals surface area contributed by atoms with Gasteiger partial charge in [0.1, 0.15) is 0 Å². The summed E-state index contributed by atoms with van der Waals surface area (Å²) < 4.78 is 12.1. The Hall–Kier alpha value is -2.52. The van der Waals surface area contributed by atoms with E-state index in [2.05, 4.69) is 6.92 Å². The van der Waals surface area contributed by atoms with Crippen molar-refractivity contribution in [2.75, 3.05) is 13.2 Å². The Morgan fingerprint density at radius 1 is 0.897 bits per heavy atom. The Morgan fingerprint density at radius 3 is 2.10 bits per heavy atom. The van der Waals surface area contributed by atoms with Crippen molar-refractivity contribution in [1.82, 2.24) is 0 Å². The molecule has 3 nitrogen and oxygen atoms in total. The van der Waals surface area contributed by atoms with Crippen molar-refractivity contribution < 1.29 is 14.6 Å². The molecule has 3 heteroatoms. The third-order valence-corrected chi connectivity index (χ3v) is 5.14. The lowest BCUT2D eigenvalue weighted by molar-refractivity contribution is -0.00273. The van der Waals surface area contributed by atoms with Crippen LogP contribution in [0.5, 0.6) is 0 Å². The van der Waals surface area contributed by atoms with Gasteiger partial charge in [-0.1, -0.05) is 86.8 Å². The van der Waals surface area contributed by atoms with Gasteiger partial charge in [-0.2, -0.15) is 0 Å². The van der Waals surface area contributed by atoms with E-state index in [1.807, 2.05) is 66.7 Å². The largest absolute Gasteiger partial charge is 0.504 e. The van der Waals surface area contributed by atoms with Gasteiger partial charge in [-0.15, -0.1) is 0 Å². The average molecular weight is 393 g/mol. The molecule has 1 saturated carbocycles. The van der Waals surface area contributed by atoms with E-state index in [0.29, 0.717) is 25.1 Å². The zero-order valence-electron chi connectivity index (χ0n) is 17.3. The molecule has 0 bridgehead atoms. The summed E-state index contributed by atoms with van der Waals surface area (Å²) in [5.41, 5.74) is 1.92. The highest BCUT2D eigenvalue weighted by Crippen LogP contribution is 2.22. The summed E-state index contributed by atoms with van der Waals surface area (Å²) in [4.78, 5) is 0. The van der Waals surface area contributed by atoms with Gasteiger partial charge in [0.2, 0.25) is 0 Å². The first-order valence-electron chi connectivity index (χ1n) is 10.7. The number of rotatable bonds is 9. The van der Waals surface area contributed by atoms with Crippen molar-refractivity contribution in [3.8, 4) is 0 Å². The van der Waals surface area contributed by atoms with E-state index >= 15 is 0 Å². The lowest BCUT2D eigenvalue weighted by atomic mass is 9.98. The van der Waals surface area contributed by atoms with E-state index in [0.717, 1.165) is 11.1 Å². The summed E-state index contributed by atoms with van der Waals surface area (Å²) in [6.07, 6.45) is 10.2. The minimum atomic E-state index is 0.125. The van der Waals surface area contributed by atoms with Crippen LogP contribution in [0.1, 0.15) is 50.2 Å². The fourth-order valence-corrected chi connectivity index (χ4v) is 3.48. The fourth-order valence-electron chi connectivity index (χ4n) is 3.48. The van der Waals surface area contributed by atoms with Gasteiger partial charge in [0.15, 0.2) is 11.5 Å². The molecule has 1 unspecified atom stereocenters. The Morgan fingerprint density at radius 2 is 1.48 bits per heavy atom. The molecule has 1 aliphatic rings. The molecule has 2 aromatic rings. The fraction of sp³-hybridized carbons (Fsp3) is 0.385. The number of hydrogen-bond donors (Lipinski definition) is 1. The Labute approximate surface area is 174 Å². The molecule has 0 aliphatic heterocycles. The van der Waals surface area contributed by atoms with Gasteiger partial charge in [0, 0.05) is 5.92 Å². The molecule has 1 aliphatic carbocycles. The van der Waals surface area contributed by atoms with Crippen molar-refractivity contribution >= 4 is 12.2 Å². The maximum Gasteiger partial charge on any atom is 0.161 e. The summed E-state index contributed by atoms with van der Waals surface area (Å²) in [5.74, 6) is 0.852. The third-order valence-electron chi connectivity index (χ3n) is 5.14. The van der Waals surface area contributed by atoms with Gasteiger partial charge in [-0.25, -0.2) is 0 Å². The molecule has 0 aromatic heterocycles. The monoisotopic (exact) mass is 392 g/mol. The molecule has 0 spiro atoms. The molecule has 0 amide bonds. The molecule has 0 radical (unpaired) electrons. The van der Waals surface area contributed by atoms with E-state index in [9.17, 15) is 5.11 Å². The van der Waals surface area contributed by atoms with Crippen molar-refractivity contribution in [2.24, 2.45) is 5.92 Å². The second-order valence-electron chi connectivity index (χ2n) is 7.87. The van der Waals surface area contributed by atoms with Crippen LogP contribution in [0.4, 0.5) is 0 Å². The van der Waals surface area contributed by atoms with Gasteiger partial charge in [0.05, 0.1) is 19.3 Å². The van der Waals surface area contributed by atoms with Gasteiger partial charge in [0.25, 0.3) is 0 Å². The van der Waals surface area contributed by atoms with E-state index in [4.69, 9.17) is 9.47 Å². The van der Waals surface area contributed by atoms with Gasteiger partial charge in [-0.3, -0.25) is 0 Å². The predicted molar refractivity (Wildman–Crippen MR) is 119 cm³/mol.